The van der Waals surface area contributed by atoms with Crippen LogP contribution in [-0.2, 0) is 0 Å². The minimum atomic E-state index is 0.369. The van der Waals surface area contributed by atoms with E-state index < -0.39 is 0 Å². The van der Waals surface area contributed by atoms with E-state index in [1.165, 1.54) is 16.5 Å². The van der Waals surface area contributed by atoms with Crippen molar-refractivity contribution < 1.29 is 5.11 Å². The second-order valence-electron chi connectivity index (χ2n) is 7.09. The molecule has 0 fully saturated rings. The zero-order chi connectivity index (χ0) is 18.6. The first-order valence-electron chi connectivity index (χ1n) is 8.88. The number of aromatic hydroxyl groups is 1. The summed E-state index contributed by atoms with van der Waals surface area (Å²) >= 11 is 0. The van der Waals surface area contributed by atoms with Crippen molar-refractivity contribution in [3.63, 3.8) is 0 Å². The number of rotatable bonds is 2. The van der Waals surface area contributed by atoms with Gasteiger partial charge in [-0.15, -0.1) is 0 Å². The molecule has 0 heterocycles. The van der Waals surface area contributed by atoms with Crippen molar-refractivity contribution in [2.75, 3.05) is 5.73 Å². The fourth-order valence-electron chi connectivity index (χ4n) is 3.02. The lowest BCUT2D eigenvalue weighted by Crippen LogP contribution is -2.02. The van der Waals surface area contributed by atoms with Crippen LogP contribution in [0.25, 0.3) is 10.8 Å². The maximum absolute atomic E-state index is 9.42. The van der Waals surface area contributed by atoms with Gasteiger partial charge in [0, 0.05) is 5.69 Å². The van der Waals surface area contributed by atoms with Crippen molar-refractivity contribution in [2.45, 2.75) is 46.5 Å². The molecule has 0 aliphatic rings. The largest absolute Gasteiger partial charge is 0.508 e. The van der Waals surface area contributed by atoms with Gasteiger partial charge in [0.25, 0.3) is 0 Å². The molecule has 132 valence electrons. The summed E-state index contributed by atoms with van der Waals surface area (Å²) < 4.78 is 0. The van der Waals surface area contributed by atoms with Gasteiger partial charge in [0.15, 0.2) is 0 Å². The smallest absolute Gasteiger partial charge is 0.119 e. The molecule has 0 amide bonds. The Balaban J connectivity index is 0.000000181. The van der Waals surface area contributed by atoms with Gasteiger partial charge >= 0.3 is 0 Å². The molecule has 0 aliphatic heterocycles. The number of anilines is 1. The van der Waals surface area contributed by atoms with Crippen molar-refractivity contribution in [2.24, 2.45) is 0 Å². The number of nitrogen functional groups attached to an aromatic ring is 1. The summed E-state index contributed by atoms with van der Waals surface area (Å²) in [4.78, 5) is 0. The van der Waals surface area contributed by atoms with Crippen LogP contribution in [0.4, 0.5) is 5.69 Å². The summed E-state index contributed by atoms with van der Waals surface area (Å²) in [5.41, 5.74) is 10.6. The van der Waals surface area contributed by atoms with Crippen molar-refractivity contribution in [1.82, 2.24) is 0 Å². The lowest BCUT2D eigenvalue weighted by molar-refractivity contribution is 0.472. The zero-order valence-corrected chi connectivity index (χ0v) is 15.9. The van der Waals surface area contributed by atoms with Gasteiger partial charge in [0.2, 0.25) is 0 Å². The molecule has 0 aliphatic carbocycles. The maximum Gasteiger partial charge on any atom is 0.119 e. The highest BCUT2D eigenvalue weighted by atomic mass is 16.3. The SMILES string of the molecule is CC(C)c1cccc(C(C)C)c1N.Cc1c(O)ccc2ccccc12. The van der Waals surface area contributed by atoms with Gasteiger partial charge in [-0.2, -0.15) is 0 Å². The minimum absolute atomic E-state index is 0.369. The molecular weight excluding hydrogens is 306 g/mol. The highest BCUT2D eigenvalue weighted by molar-refractivity contribution is 5.87. The van der Waals surface area contributed by atoms with Crippen LogP contribution < -0.4 is 5.73 Å². The lowest BCUT2D eigenvalue weighted by Gasteiger charge is -2.15. The Kier molecular flexibility index (Phi) is 6.08. The van der Waals surface area contributed by atoms with Crippen LogP contribution in [0.5, 0.6) is 5.75 Å². The fraction of sp³-hybridized carbons (Fsp3) is 0.304. The summed E-state index contributed by atoms with van der Waals surface area (Å²) in [5, 5.41) is 11.7. The number of benzene rings is 3. The van der Waals surface area contributed by atoms with E-state index in [0.717, 1.165) is 16.6 Å². The summed E-state index contributed by atoms with van der Waals surface area (Å²) in [6.07, 6.45) is 0. The summed E-state index contributed by atoms with van der Waals surface area (Å²) in [7, 11) is 0. The minimum Gasteiger partial charge on any atom is -0.508 e. The number of nitrogens with two attached hydrogens (primary N) is 1. The number of para-hydroxylation sites is 1. The molecule has 3 rings (SSSR count). The second kappa shape index (κ2) is 8.06. The van der Waals surface area contributed by atoms with E-state index in [2.05, 4.69) is 45.9 Å². The normalized spacial score (nSPS) is 10.8. The fourth-order valence-corrected chi connectivity index (χ4v) is 3.02. The molecule has 3 aromatic carbocycles. The van der Waals surface area contributed by atoms with E-state index in [1.807, 2.05) is 37.3 Å². The molecule has 0 saturated carbocycles. The standard InChI is InChI=1S/C12H19N.C11H10O/c1-8(2)10-6-5-7-11(9(3)4)12(10)13;1-8-10-5-3-2-4-9(10)6-7-11(8)12/h5-9H,13H2,1-4H3;2-7,12H,1H3. The Labute approximate surface area is 151 Å². The molecule has 25 heavy (non-hydrogen) atoms. The van der Waals surface area contributed by atoms with E-state index in [-0.39, 0.29) is 0 Å². The Morgan fingerprint density at radius 2 is 1.32 bits per heavy atom. The van der Waals surface area contributed by atoms with E-state index >= 15 is 0 Å². The third-order valence-electron chi connectivity index (χ3n) is 4.59. The van der Waals surface area contributed by atoms with E-state index in [0.29, 0.717) is 17.6 Å². The van der Waals surface area contributed by atoms with Crippen molar-refractivity contribution in [1.29, 1.82) is 0 Å². The van der Waals surface area contributed by atoms with Gasteiger partial charge in [0.1, 0.15) is 5.75 Å². The van der Waals surface area contributed by atoms with Gasteiger partial charge in [-0.3, -0.25) is 0 Å². The predicted octanol–water partition coefficient (Wildman–Crippen LogP) is 6.37. The predicted molar refractivity (Wildman–Crippen MR) is 109 cm³/mol. The molecule has 0 radical (unpaired) electrons. The quantitative estimate of drug-likeness (QED) is 0.534. The number of hydrogen-bond acceptors (Lipinski definition) is 2. The van der Waals surface area contributed by atoms with Crippen LogP contribution in [0.3, 0.4) is 0 Å². The molecule has 0 unspecified atom stereocenters. The van der Waals surface area contributed by atoms with Crippen molar-refractivity contribution in [3.8, 4) is 5.75 Å². The van der Waals surface area contributed by atoms with Crippen molar-refractivity contribution >= 4 is 16.5 Å². The molecule has 0 spiro atoms. The Morgan fingerprint density at radius 1 is 0.760 bits per heavy atom. The molecule has 0 saturated heterocycles. The van der Waals surface area contributed by atoms with Gasteiger partial charge in [-0.05, 0) is 52.3 Å². The topological polar surface area (TPSA) is 46.2 Å². The summed E-state index contributed by atoms with van der Waals surface area (Å²) in [6.45, 7) is 10.6. The Morgan fingerprint density at radius 3 is 1.88 bits per heavy atom. The third kappa shape index (κ3) is 4.33. The summed E-state index contributed by atoms with van der Waals surface area (Å²) in [6, 6.07) is 18.0. The van der Waals surface area contributed by atoms with Crippen LogP contribution in [0.15, 0.2) is 54.6 Å². The van der Waals surface area contributed by atoms with Crippen LogP contribution in [0.1, 0.15) is 56.2 Å². The zero-order valence-electron chi connectivity index (χ0n) is 15.9. The molecule has 2 heteroatoms. The van der Waals surface area contributed by atoms with Crippen molar-refractivity contribution in [3.05, 3.63) is 71.3 Å². The van der Waals surface area contributed by atoms with Crippen LogP contribution in [0, 0.1) is 6.92 Å². The van der Waals surface area contributed by atoms with E-state index in [9.17, 15) is 5.11 Å². The lowest BCUT2D eigenvalue weighted by atomic mass is 9.93. The molecule has 2 nitrogen and oxygen atoms in total. The number of phenols is 1. The van der Waals surface area contributed by atoms with Crippen LogP contribution in [0.2, 0.25) is 0 Å². The van der Waals surface area contributed by atoms with Gasteiger partial charge < -0.3 is 10.8 Å². The number of aryl methyl sites for hydroxylation is 1. The number of fused-ring (bicyclic) bond motifs is 1. The maximum atomic E-state index is 9.42. The van der Waals surface area contributed by atoms with Crippen LogP contribution in [-0.4, -0.2) is 5.11 Å². The number of phenolic OH excluding ortho intramolecular Hbond substituents is 1. The first-order chi connectivity index (χ1) is 11.8. The highest BCUT2D eigenvalue weighted by Crippen LogP contribution is 2.29. The Hall–Kier alpha value is -2.48. The van der Waals surface area contributed by atoms with Gasteiger partial charge in [0.05, 0.1) is 0 Å². The average molecular weight is 335 g/mol. The monoisotopic (exact) mass is 335 g/mol. The van der Waals surface area contributed by atoms with Gasteiger partial charge in [-0.25, -0.2) is 0 Å². The molecule has 0 aromatic heterocycles. The first-order valence-corrected chi connectivity index (χ1v) is 8.88. The molecule has 0 atom stereocenters. The average Bonchev–Trinajstić information content (AvgIpc) is 2.59. The molecule has 3 aromatic rings. The Bertz CT molecular complexity index is 824. The van der Waals surface area contributed by atoms with E-state index in [4.69, 9.17) is 5.73 Å². The molecule has 3 N–H and O–H groups in total. The third-order valence-corrected chi connectivity index (χ3v) is 4.59. The number of hydrogen-bond donors (Lipinski definition) is 2. The summed E-state index contributed by atoms with van der Waals surface area (Å²) in [5.74, 6) is 1.39. The highest BCUT2D eigenvalue weighted by Gasteiger charge is 2.09. The van der Waals surface area contributed by atoms with Gasteiger partial charge in [-0.1, -0.05) is 76.2 Å². The second-order valence-corrected chi connectivity index (χ2v) is 7.09. The first kappa shape index (κ1) is 18.9. The van der Waals surface area contributed by atoms with E-state index in [1.54, 1.807) is 6.07 Å². The molecular formula is C23H29NO. The molecule has 0 bridgehead atoms. The van der Waals surface area contributed by atoms with Crippen LogP contribution >= 0.6 is 0 Å².